The third kappa shape index (κ3) is 3.49. The van der Waals surface area contributed by atoms with E-state index < -0.39 is 0 Å². The van der Waals surface area contributed by atoms with E-state index in [1.54, 1.807) is 0 Å². The van der Waals surface area contributed by atoms with Crippen LogP contribution in [0, 0.1) is 5.92 Å². The number of aryl methyl sites for hydroxylation is 1. The number of hydrogen-bond donors (Lipinski definition) is 1. The van der Waals surface area contributed by atoms with Gasteiger partial charge in [0, 0.05) is 24.8 Å². The van der Waals surface area contributed by atoms with Gasteiger partial charge in [0.1, 0.15) is 0 Å². The van der Waals surface area contributed by atoms with Crippen molar-refractivity contribution in [3.63, 3.8) is 0 Å². The minimum atomic E-state index is 0.600. The van der Waals surface area contributed by atoms with E-state index in [1.165, 1.54) is 30.8 Å². The van der Waals surface area contributed by atoms with Crippen molar-refractivity contribution in [1.29, 1.82) is 0 Å². The monoisotopic (exact) mass is 246 g/mol. The number of nitrogens with zero attached hydrogens (tertiary/aromatic N) is 1. The molecule has 1 unspecified atom stereocenters. The maximum Gasteiger partial charge on any atom is 0.0366 e. The van der Waals surface area contributed by atoms with E-state index in [-0.39, 0.29) is 0 Å². The Bertz CT molecular complexity index is 356. The summed E-state index contributed by atoms with van der Waals surface area (Å²) in [6.45, 7) is 10.2. The first-order valence-corrected chi connectivity index (χ1v) is 7.26. The van der Waals surface area contributed by atoms with E-state index >= 15 is 0 Å². The second-order valence-corrected chi connectivity index (χ2v) is 5.68. The van der Waals surface area contributed by atoms with Crippen molar-refractivity contribution in [2.75, 3.05) is 24.5 Å². The van der Waals surface area contributed by atoms with Crippen molar-refractivity contribution in [1.82, 2.24) is 5.32 Å². The van der Waals surface area contributed by atoms with Gasteiger partial charge in [-0.05, 0) is 43.0 Å². The first kappa shape index (κ1) is 13.4. The van der Waals surface area contributed by atoms with Crippen LogP contribution in [0.25, 0.3) is 0 Å². The van der Waals surface area contributed by atoms with Gasteiger partial charge in [-0.2, -0.15) is 0 Å². The predicted octanol–water partition coefficient (Wildman–Crippen LogP) is 3.07. The maximum absolute atomic E-state index is 3.55. The minimum Gasteiger partial charge on any atom is -0.371 e. The highest BCUT2D eigenvalue weighted by Crippen LogP contribution is 2.23. The molecule has 1 aromatic rings. The van der Waals surface area contributed by atoms with E-state index in [2.05, 4.69) is 55.3 Å². The second kappa shape index (κ2) is 6.24. The van der Waals surface area contributed by atoms with Crippen LogP contribution in [0.5, 0.6) is 0 Å². The molecule has 0 saturated carbocycles. The van der Waals surface area contributed by atoms with Crippen molar-refractivity contribution < 1.29 is 0 Å². The van der Waals surface area contributed by atoms with Crippen LogP contribution in [-0.4, -0.2) is 25.7 Å². The van der Waals surface area contributed by atoms with Crippen LogP contribution >= 0.6 is 0 Å². The van der Waals surface area contributed by atoms with Gasteiger partial charge in [-0.15, -0.1) is 0 Å². The lowest BCUT2D eigenvalue weighted by atomic mass is 10.1. The van der Waals surface area contributed by atoms with Crippen molar-refractivity contribution in [2.45, 2.75) is 39.7 Å². The third-order valence-corrected chi connectivity index (χ3v) is 3.81. The average Bonchev–Trinajstić information content (AvgIpc) is 2.85. The molecule has 0 radical (unpaired) electrons. The molecule has 2 nitrogen and oxygen atoms in total. The Morgan fingerprint density at radius 2 is 2.00 bits per heavy atom. The first-order chi connectivity index (χ1) is 8.69. The van der Waals surface area contributed by atoms with Gasteiger partial charge in [-0.3, -0.25) is 0 Å². The molecule has 1 fully saturated rings. The quantitative estimate of drug-likeness (QED) is 0.859. The molecule has 0 aromatic heterocycles. The molecule has 2 rings (SSSR count). The standard InChI is InChI=1S/C16H26N2/c1-4-14-5-7-16(8-6-14)18-10-9-15(12-18)11-17-13(2)3/h5-8,13,15,17H,4,9-12H2,1-3H3. The number of anilines is 1. The van der Waals surface area contributed by atoms with Crippen LogP contribution in [0.3, 0.4) is 0 Å². The van der Waals surface area contributed by atoms with Crippen molar-refractivity contribution in [3.8, 4) is 0 Å². The fourth-order valence-corrected chi connectivity index (χ4v) is 2.58. The highest BCUT2D eigenvalue weighted by atomic mass is 15.2. The van der Waals surface area contributed by atoms with E-state index in [0.717, 1.165) is 18.9 Å². The van der Waals surface area contributed by atoms with Crippen molar-refractivity contribution in [3.05, 3.63) is 29.8 Å². The van der Waals surface area contributed by atoms with Crippen LogP contribution in [0.2, 0.25) is 0 Å². The number of nitrogens with one attached hydrogen (secondary N) is 1. The third-order valence-electron chi connectivity index (χ3n) is 3.81. The van der Waals surface area contributed by atoms with Crippen LogP contribution in [0.15, 0.2) is 24.3 Å². The largest absolute Gasteiger partial charge is 0.371 e. The molecular formula is C16H26N2. The minimum absolute atomic E-state index is 0.600. The fraction of sp³-hybridized carbons (Fsp3) is 0.625. The summed E-state index contributed by atoms with van der Waals surface area (Å²) >= 11 is 0. The molecule has 1 aromatic carbocycles. The van der Waals surface area contributed by atoms with Crippen molar-refractivity contribution >= 4 is 5.69 Å². The zero-order chi connectivity index (χ0) is 13.0. The smallest absolute Gasteiger partial charge is 0.0366 e. The Morgan fingerprint density at radius 1 is 1.28 bits per heavy atom. The molecule has 2 heteroatoms. The van der Waals surface area contributed by atoms with Gasteiger partial charge >= 0.3 is 0 Å². The lowest BCUT2D eigenvalue weighted by Crippen LogP contribution is -2.30. The Balaban J connectivity index is 1.87. The van der Waals surface area contributed by atoms with Crippen LogP contribution in [0.1, 0.15) is 32.8 Å². The fourth-order valence-electron chi connectivity index (χ4n) is 2.58. The van der Waals surface area contributed by atoms with Gasteiger partial charge in [0.2, 0.25) is 0 Å². The van der Waals surface area contributed by atoms with Crippen molar-refractivity contribution in [2.24, 2.45) is 5.92 Å². The summed E-state index contributed by atoms with van der Waals surface area (Å²) in [6, 6.07) is 9.67. The summed E-state index contributed by atoms with van der Waals surface area (Å²) in [5.74, 6) is 0.804. The molecule has 1 N–H and O–H groups in total. The number of hydrogen-bond acceptors (Lipinski definition) is 2. The zero-order valence-electron chi connectivity index (χ0n) is 11.9. The molecule has 0 amide bonds. The molecule has 0 spiro atoms. The van der Waals surface area contributed by atoms with Gasteiger partial charge in [0.25, 0.3) is 0 Å². The molecule has 0 aliphatic carbocycles. The summed E-state index contributed by atoms with van der Waals surface area (Å²) in [5.41, 5.74) is 2.82. The highest BCUT2D eigenvalue weighted by molar-refractivity contribution is 5.48. The highest BCUT2D eigenvalue weighted by Gasteiger charge is 2.22. The molecule has 100 valence electrons. The second-order valence-electron chi connectivity index (χ2n) is 5.68. The predicted molar refractivity (Wildman–Crippen MR) is 79.3 cm³/mol. The molecular weight excluding hydrogens is 220 g/mol. The van der Waals surface area contributed by atoms with Crippen LogP contribution in [0.4, 0.5) is 5.69 Å². The Hall–Kier alpha value is -1.02. The molecule has 1 atom stereocenters. The van der Waals surface area contributed by atoms with E-state index in [4.69, 9.17) is 0 Å². The topological polar surface area (TPSA) is 15.3 Å². The summed E-state index contributed by atoms with van der Waals surface area (Å²) in [5, 5.41) is 3.55. The van der Waals surface area contributed by atoms with Gasteiger partial charge in [-0.25, -0.2) is 0 Å². The normalized spacial score (nSPS) is 19.8. The summed E-state index contributed by atoms with van der Waals surface area (Å²) in [4.78, 5) is 2.52. The molecule has 1 saturated heterocycles. The molecule has 1 aliphatic heterocycles. The number of benzene rings is 1. The van der Waals surface area contributed by atoms with E-state index in [9.17, 15) is 0 Å². The van der Waals surface area contributed by atoms with E-state index in [1.807, 2.05) is 0 Å². The van der Waals surface area contributed by atoms with Gasteiger partial charge in [0.05, 0.1) is 0 Å². The molecule has 1 heterocycles. The number of rotatable bonds is 5. The SMILES string of the molecule is CCc1ccc(N2CCC(CNC(C)C)C2)cc1. The Kier molecular flexibility index (Phi) is 4.65. The summed E-state index contributed by atoms with van der Waals surface area (Å²) in [6.07, 6.45) is 2.44. The van der Waals surface area contributed by atoms with E-state index in [0.29, 0.717) is 6.04 Å². The Labute approximate surface area is 111 Å². The van der Waals surface area contributed by atoms with Gasteiger partial charge in [0.15, 0.2) is 0 Å². The zero-order valence-corrected chi connectivity index (χ0v) is 11.9. The average molecular weight is 246 g/mol. The molecule has 1 aliphatic rings. The summed E-state index contributed by atoms with van der Waals surface area (Å²) in [7, 11) is 0. The Morgan fingerprint density at radius 3 is 2.61 bits per heavy atom. The molecule has 18 heavy (non-hydrogen) atoms. The lowest BCUT2D eigenvalue weighted by molar-refractivity contribution is 0.480. The first-order valence-electron chi connectivity index (χ1n) is 7.26. The lowest BCUT2D eigenvalue weighted by Gasteiger charge is -2.19. The summed E-state index contributed by atoms with van der Waals surface area (Å²) < 4.78 is 0. The van der Waals surface area contributed by atoms with Crippen LogP contribution < -0.4 is 10.2 Å². The maximum atomic E-state index is 3.55. The van der Waals surface area contributed by atoms with Crippen LogP contribution in [-0.2, 0) is 6.42 Å². The van der Waals surface area contributed by atoms with Gasteiger partial charge < -0.3 is 10.2 Å². The molecule has 0 bridgehead atoms. The van der Waals surface area contributed by atoms with Gasteiger partial charge in [-0.1, -0.05) is 32.9 Å².